The summed E-state index contributed by atoms with van der Waals surface area (Å²) in [7, 11) is 5.76. The number of hydrogen-bond donors (Lipinski definition) is 1. The largest absolute Gasteiger partial charge is 0.416 e. The Morgan fingerprint density at radius 1 is 1.21 bits per heavy atom. The van der Waals surface area contributed by atoms with Crippen LogP contribution in [-0.2, 0) is 30.0 Å². The van der Waals surface area contributed by atoms with Crippen molar-refractivity contribution in [3.8, 4) is 0 Å². The lowest BCUT2D eigenvalue weighted by Gasteiger charge is -2.46. The van der Waals surface area contributed by atoms with Crippen LogP contribution in [0, 0.1) is 5.92 Å². The molecule has 256 valence electrons. The van der Waals surface area contributed by atoms with Gasteiger partial charge >= 0.3 is 6.18 Å². The first-order valence-corrected chi connectivity index (χ1v) is 16.6. The number of rotatable bonds is 10. The van der Waals surface area contributed by atoms with E-state index in [1.54, 1.807) is 31.5 Å². The van der Waals surface area contributed by atoms with E-state index in [2.05, 4.69) is 22.4 Å². The molecule has 1 aliphatic carbocycles. The van der Waals surface area contributed by atoms with E-state index in [0.717, 1.165) is 37.1 Å². The third-order valence-electron chi connectivity index (χ3n) is 10.2. The van der Waals surface area contributed by atoms with Crippen molar-refractivity contribution in [2.45, 2.75) is 69.8 Å². The Balaban J connectivity index is 1.23. The van der Waals surface area contributed by atoms with Crippen LogP contribution in [0.1, 0.15) is 84.0 Å². The molecular formula is C36H44F3N7O2. The zero-order valence-electron chi connectivity index (χ0n) is 28.2. The van der Waals surface area contributed by atoms with Gasteiger partial charge in [-0.1, -0.05) is 25.1 Å². The molecule has 1 saturated carbocycles. The van der Waals surface area contributed by atoms with Gasteiger partial charge in [0.1, 0.15) is 12.2 Å². The molecule has 9 nitrogen and oxygen atoms in total. The Bertz CT molecular complexity index is 1710. The maximum absolute atomic E-state index is 14.6. The van der Waals surface area contributed by atoms with Gasteiger partial charge in [-0.3, -0.25) is 9.59 Å². The third kappa shape index (κ3) is 6.39. The number of benzene rings is 2. The van der Waals surface area contributed by atoms with E-state index in [1.807, 2.05) is 59.8 Å². The molecule has 1 unspecified atom stereocenters. The number of aromatic nitrogens is 3. The summed E-state index contributed by atoms with van der Waals surface area (Å²) in [5, 5.41) is 11.9. The van der Waals surface area contributed by atoms with Crippen LogP contribution in [0.2, 0.25) is 0 Å². The number of carbonyl (C=O) groups excluding carboxylic acids is 2. The minimum atomic E-state index is -4.64. The first-order valence-electron chi connectivity index (χ1n) is 16.6. The van der Waals surface area contributed by atoms with Crippen LogP contribution in [0.3, 0.4) is 0 Å². The molecule has 1 saturated heterocycles. The Labute approximate surface area is 279 Å². The molecule has 1 aromatic heterocycles. The molecule has 6 rings (SSSR count). The summed E-state index contributed by atoms with van der Waals surface area (Å²) in [4.78, 5) is 32.0. The SMILES string of the molecule is CC1CC(c2cccc(N3Cc4c(cc(C(C)NC[C@@H]5CCCN5C(=O)/C=C/CN(C)C)cc4C(F)(F)F)C3=O)c2)(c2nncn2C)C1. The highest BCUT2D eigenvalue weighted by molar-refractivity contribution is 6.10. The van der Waals surface area contributed by atoms with Crippen molar-refractivity contribution in [3.63, 3.8) is 0 Å². The summed E-state index contributed by atoms with van der Waals surface area (Å²) in [6.07, 6.45) is 3.87. The van der Waals surface area contributed by atoms with E-state index in [-0.39, 0.29) is 35.0 Å². The summed E-state index contributed by atoms with van der Waals surface area (Å²) in [6, 6.07) is 9.80. The van der Waals surface area contributed by atoms with Gasteiger partial charge in [0, 0.05) is 56.1 Å². The predicted molar refractivity (Wildman–Crippen MR) is 177 cm³/mol. The lowest BCUT2D eigenvalue weighted by Crippen LogP contribution is -2.43. The van der Waals surface area contributed by atoms with Gasteiger partial charge in [0.05, 0.1) is 17.5 Å². The summed E-state index contributed by atoms with van der Waals surface area (Å²) in [5.41, 5.74) is 0.818. The van der Waals surface area contributed by atoms with Gasteiger partial charge in [-0.2, -0.15) is 13.2 Å². The van der Waals surface area contributed by atoms with Gasteiger partial charge in [0.15, 0.2) is 0 Å². The highest BCUT2D eigenvalue weighted by Gasteiger charge is 2.48. The van der Waals surface area contributed by atoms with E-state index in [9.17, 15) is 22.8 Å². The minimum Gasteiger partial charge on any atom is -0.335 e. The maximum atomic E-state index is 14.6. The highest BCUT2D eigenvalue weighted by atomic mass is 19.4. The lowest BCUT2D eigenvalue weighted by molar-refractivity contribution is -0.138. The number of aryl methyl sites for hydroxylation is 1. The monoisotopic (exact) mass is 663 g/mol. The number of nitrogens with zero attached hydrogens (tertiary/aromatic N) is 6. The van der Waals surface area contributed by atoms with Crippen molar-refractivity contribution in [1.29, 1.82) is 0 Å². The topological polar surface area (TPSA) is 86.6 Å². The second kappa shape index (κ2) is 13.1. The molecule has 2 atom stereocenters. The van der Waals surface area contributed by atoms with Gasteiger partial charge in [0.25, 0.3) is 5.91 Å². The molecular weight excluding hydrogens is 619 g/mol. The van der Waals surface area contributed by atoms with E-state index >= 15 is 0 Å². The van der Waals surface area contributed by atoms with Gasteiger partial charge < -0.3 is 24.6 Å². The van der Waals surface area contributed by atoms with Crippen LogP contribution in [-0.4, -0.2) is 76.2 Å². The molecule has 3 aliphatic rings. The van der Waals surface area contributed by atoms with E-state index in [1.165, 1.54) is 11.0 Å². The molecule has 12 heteroatoms. The summed E-state index contributed by atoms with van der Waals surface area (Å²) < 4.78 is 45.6. The first kappa shape index (κ1) is 33.9. The average molecular weight is 664 g/mol. The average Bonchev–Trinajstić information content (AvgIpc) is 3.76. The van der Waals surface area contributed by atoms with Gasteiger partial charge in [-0.05, 0) is 93.6 Å². The number of amides is 2. The molecule has 0 spiro atoms. The smallest absolute Gasteiger partial charge is 0.335 e. The van der Waals surface area contributed by atoms with Gasteiger partial charge in [-0.15, -0.1) is 10.2 Å². The number of hydrogen-bond acceptors (Lipinski definition) is 6. The molecule has 2 fully saturated rings. The number of alkyl halides is 3. The molecule has 0 bridgehead atoms. The Hall–Kier alpha value is -4.03. The van der Waals surface area contributed by atoms with Crippen molar-refractivity contribution in [2.24, 2.45) is 13.0 Å². The van der Waals surface area contributed by atoms with Crippen LogP contribution in [0.25, 0.3) is 0 Å². The fourth-order valence-electron chi connectivity index (χ4n) is 7.74. The van der Waals surface area contributed by atoms with Crippen LogP contribution < -0.4 is 10.2 Å². The minimum absolute atomic E-state index is 0.00814. The second-order valence-corrected chi connectivity index (χ2v) is 14.0. The van der Waals surface area contributed by atoms with Crippen molar-refractivity contribution >= 4 is 17.5 Å². The number of nitrogens with one attached hydrogen (secondary N) is 1. The summed E-state index contributed by atoms with van der Waals surface area (Å²) >= 11 is 0. The number of halogens is 3. The van der Waals surface area contributed by atoms with Crippen LogP contribution in [0.4, 0.5) is 18.9 Å². The number of likely N-dealkylation sites (N-methyl/N-ethyl adjacent to an activating group) is 1. The molecule has 3 aromatic rings. The van der Waals surface area contributed by atoms with Crippen LogP contribution in [0.15, 0.2) is 54.9 Å². The molecule has 2 aromatic carbocycles. The number of likely N-dealkylation sites (tertiary alicyclic amines) is 1. The molecule has 2 amide bonds. The normalized spacial score (nSPS) is 23.3. The number of carbonyl (C=O) groups is 2. The fraction of sp³-hybridized carbons (Fsp3) is 0.500. The molecule has 1 N–H and O–H groups in total. The van der Waals surface area contributed by atoms with Gasteiger partial charge in [0.2, 0.25) is 5.91 Å². The van der Waals surface area contributed by atoms with E-state index in [0.29, 0.717) is 36.8 Å². The third-order valence-corrected chi connectivity index (χ3v) is 10.2. The van der Waals surface area contributed by atoms with Crippen LogP contribution in [0.5, 0.6) is 0 Å². The zero-order valence-corrected chi connectivity index (χ0v) is 28.2. The van der Waals surface area contributed by atoms with Gasteiger partial charge in [-0.25, -0.2) is 0 Å². The van der Waals surface area contributed by atoms with Crippen LogP contribution >= 0.6 is 0 Å². The van der Waals surface area contributed by atoms with Crippen molar-refractivity contribution in [1.82, 2.24) is 29.9 Å². The molecule has 0 radical (unpaired) electrons. The molecule has 48 heavy (non-hydrogen) atoms. The fourth-order valence-corrected chi connectivity index (χ4v) is 7.74. The lowest BCUT2D eigenvalue weighted by atomic mass is 9.58. The quantitative estimate of drug-likeness (QED) is 0.290. The Kier molecular flexibility index (Phi) is 9.25. The number of anilines is 1. The zero-order chi connectivity index (χ0) is 34.4. The van der Waals surface area contributed by atoms with Crippen molar-refractivity contribution < 1.29 is 22.8 Å². The Morgan fingerprint density at radius 2 is 1.98 bits per heavy atom. The first-order chi connectivity index (χ1) is 22.8. The molecule has 2 aliphatic heterocycles. The summed E-state index contributed by atoms with van der Waals surface area (Å²) in [6.45, 7) is 5.55. The van der Waals surface area contributed by atoms with E-state index in [4.69, 9.17) is 0 Å². The number of fused-ring (bicyclic) bond motifs is 1. The Morgan fingerprint density at radius 3 is 2.65 bits per heavy atom. The standard InChI is InChI=1S/C36H44F3N7O2/c1-23-18-35(19-23,34-42-41-22-44(34)5)26-9-6-10-27(17-26)46-21-30-29(33(46)48)15-25(16-31(30)36(37,38)39)24(2)40-20-28-11-7-14-45(28)32(47)12-8-13-43(3)4/h6,8-10,12,15-17,22-24,28,40H,7,11,13-14,18-21H2,1-5H3/b12-8+/t23?,24?,28-,35?/m0/s1. The van der Waals surface area contributed by atoms with E-state index < -0.39 is 23.7 Å². The second-order valence-electron chi connectivity index (χ2n) is 14.0. The predicted octanol–water partition coefficient (Wildman–Crippen LogP) is 5.47. The highest BCUT2D eigenvalue weighted by Crippen LogP contribution is 2.52. The van der Waals surface area contributed by atoms with Crippen molar-refractivity contribution in [3.05, 3.63) is 88.5 Å². The van der Waals surface area contributed by atoms with Crippen molar-refractivity contribution in [2.75, 3.05) is 38.6 Å². The molecule has 3 heterocycles. The maximum Gasteiger partial charge on any atom is 0.416 e. The summed E-state index contributed by atoms with van der Waals surface area (Å²) in [5.74, 6) is 0.807.